The number of anilines is 1. The highest BCUT2D eigenvalue weighted by Gasteiger charge is 2.16. The third kappa shape index (κ3) is 13.7. The lowest BCUT2D eigenvalue weighted by Crippen LogP contribution is -2.46. The van der Waals surface area contributed by atoms with Crippen molar-refractivity contribution in [3.05, 3.63) is 29.8 Å². The van der Waals surface area contributed by atoms with Gasteiger partial charge in [0.2, 0.25) is 23.6 Å². The predicted molar refractivity (Wildman–Crippen MR) is 133 cm³/mol. The van der Waals surface area contributed by atoms with Crippen LogP contribution in [0.25, 0.3) is 0 Å². The van der Waals surface area contributed by atoms with Crippen LogP contribution in [0.15, 0.2) is 24.3 Å². The largest absolute Gasteiger partial charge is 0.506 e. The molecular weight excluding hydrogens is 596 g/mol. The van der Waals surface area contributed by atoms with Crippen molar-refractivity contribution in [2.75, 3.05) is 37.0 Å². The van der Waals surface area contributed by atoms with E-state index in [9.17, 15) is 24.0 Å². The fourth-order valence-corrected chi connectivity index (χ4v) is 2.86. The molecule has 12 nitrogen and oxygen atoms in total. The molecule has 0 heterocycles. The van der Waals surface area contributed by atoms with E-state index in [1.54, 1.807) is 24.3 Å². The van der Waals surface area contributed by atoms with Crippen LogP contribution in [0, 0.1) is 0 Å². The van der Waals surface area contributed by atoms with E-state index in [4.69, 9.17) is 9.84 Å². The minimum atomic E-state index is -1.38. The zero-order valence-electron chi connectivity index (χ0n) is 19.0. The number of hydrogen-bond acceptors (Lipinski definition) is 7. The van der Waals surface area contributed by atoms with Gasteiger partial charge in [0.25, 0.3) is 0 Å². The normalized spacial score (nSPS) is 12.1. The molecule has 1 aromatic rings. The fourth-order valence-electron chi connectivity index (χ4n) is 2.40. The molecule has 14 heteroatoms. The highest BCUT2D eigenvalue weighted by Crippen LogP contribution is 2.11. The molecule has 1 aromatic carbocycles. The summed E-state index contributed by atoms with van der Waals surface area (Å²) in [4.78, 5) is 57.7. The molecule has 0 saturated carbocycles. The summed E-state index contributed by atoms with van der Waals surface area (Å²) >= 11 is 6.38. The van der Waals surface area contributed by atoms with Gasteiger partial charge < -0.3 is 35.8 Å². The number of benzene rings is 1. The van der Waals surface area contributed by atoms with Crippen LogP contribution >= 0.6 is 31.9 Å². The van der Waals surface area contributed by atoms with Crippen LogP contribution in [0.5, 0.6) is 0 Å². The number of alkyl halides is 2. The molecular formula is C21H28Br2N4O8. The summed E-state index contributed by atoms with van der Waals surface area (Å²) in [5.41, 5.74) is 1.07. The SMILES string of the molecule is C[C@H](NC(=O)CNC(=O)CCOCCNC(=O)C(Br)CBr)C(=O)Nc1ccc(COC(=O)O)cc1. The Kier molecular flexibility index (Phi) is 14.6. The molecule has 2 atom stereocenters. The van der Waals surface area contributed by atoms with E-state index < -0.39 is 29.9 Å². The molecule has 0 saturated heterocycles. The van der Waals surface area contributed by atoms with Gasteiger partial charge in [0.05, 0.1) is 19.8 Å². The van der Waals surface area contributed by atoms with E-state index in [2.05, 4.69) is 57.9 Å². The van der Waals surface area contributed by atoms with Crippen LogP contribution in [-0.4, -0.2) is 77.4 Å². The van der Waals surface area contributed by atoms with Crippen LogP contribution in [0.4, 0.5) is 10.5 Å². The molecule has 35 heavy (non-hydrogen) atoms. The summed E-state index contributed by atoms with van der Waals surface area (Å²) in [6, 6.07) is 5.48. The van der Waals surface area contributed by atoms with Crippen LogP contribution in [-0.2, 0) is 35.3 Å². The van der Waals surface area contributed by atoms with E-state index in [0.717, 1.165) is 0 Å². The monoisotopic (exact) mass is 622 g/mol. The number of nitrogens with one attached hydrogen (secondary N) is 4. The molecule has 194 valence electrons. The summed E-state index contributed by atoms with van der Waals surface area (Å²) in [6.07, 6.45) is -1.35. The molecule has 0 aliphatic rings. The van der Waals surface area contributed by atoms with Crippen molar-refractivity contribution in [3.63, 3.8) is 0 Å². The average Bonchev–Trinajstić information content (AvgIpc) is 2.83. The van der Waals surface area contributed by atoms with Crippen molar-refractivity contribution < 1.29 is 38.6 Å². The van der Waals surface area contributed by atoms with Crippen molar-refractivity contribution in [3.8, 4) is 0 Å². The van der Waals surface area contributed by atoms with E-state index in [1.165, 1.54) is 6.92 Å². The van der Waals surface area contributed by atoms with Gasteiger partial charge in [-0.25, -0.2) is 4.79 Å². The van der Waals surface area contributed by atoms with E-state index in [0.29, 0.717) is 23.1 Å². The van der Waals surface area contributed by atoms with Crippen molar-refractivity contribution in [2.24, 2.45) is 0 Å². The van der Waals surface area contributed by atoms with E-state index in [-0.39, 0.29) is 43.5 Å². The van der Waals surface area contributed by atoms with Crippen molar-refractivity contribution in [1.82, 2.24) is 16.0 Å². The van der Waals surface area contributed by atoms with Gasteiger partial charge in [0, 0.05) is 24.0 Å². The lowest BCUT2D eigenvalue weighted by molar-refractivity contribution is -0.128. The van der Waals surface area contributed by atoms with Crippen LogP contribution in [0.2, 0.25) is 0 Å². The number of amides is 4. The Bertz CT molecular complexity index is 869. The van der Waals surface area contributed by atoms with Crippen molar-refractivity contribution in [1.29, 1.82) is 0 Å². The lowest BCUT2D eigenvalue weighted by atomic mass is 10.2. The molecule has 0 spiro atoms. The summed E-state index contributed by atoms with van der Waals surface area (Å²) in [7, 11) is 0. The molecule has 1 unspecified atom stereocenters. The third-order valence-electron chi connectivity index (χ3n) is 4.24. The Morgan fingerprint density at radius 1 is 1.00 bits per heavy atom. The van der Waals surface area contributed by atoms with Crippen LogP contribution < -0.4 is 21.3 Å². The summed E-state index contributed by atoms with van der Waals surface area (Å²) in [5.74, 6) is -1.57. The Labute approximate surface area is 219 Å². The molecule has 4 amide bonds. The Balaban J connectivity index is 2.21. The van der Waals surface area contributed by atoms with Crippen LogP contribution in [0.1, 0.15) is 18.9 Å². The predicted octanol–water partition coefficient (Wildman–Crippen LogP) is 1.12. The average molecular weight is 624 g/mol. The molecule has 0 aliphatic carbocycles. The maximum atomic E-state index is 12.2. The second kappa shape index (κ2) is 16.8. The Hall–Kier alpha value is -2.71. The topological polar surface area (TPSA) is 172 Å². The number of rotatable bonds is 15. The Morgan fingerprint density at radius 2 is 1.69 bits per heavy atom. The zero-order valence-corrected chi connectivity index (χ0v) is 22.1. The molecule has 0 aromatic heterocycles. The van der Waals surface area contributed by atoms with Crippen LogP contribution in [0.3, 0.4) is 0 Å². The summed E-state index contributed by atoms with van der Waals surface area (Å²) < 4.78 is 9.72. The lowest BCUT2D eigenvalue weighted by Gasteiger charge is -2.15. The van der Waals surface area contributed by atoms with Gasteiger partial charge in [-0.15, -0.1) is 0 Å². The van der Waals surface area contributed by atoms with Crippen molar-refractivity contribution >= 4 is 67.3 Å². The standard InChI is InChI=1S/C21H28Br2N4O8/c1-13(19(30)27-15-4-2-14(3-5-15)12-35-21(32)33)26-18(29)11-25-17(28)6-8-34-9-7-24-20(31)16(23)10-22/h2-5,13,16H,6-12H2,1H3,(H,24,31)(H,25,28)(H,26,29)(H,27,30)(H,32,33)/t13-,16?/m0/s1. The fraction of sp³-hybridized carbons (Fsp3) is 0.476. The maximum Gasteiger partial charge on any atom is 0.506 e. The minimum Gasteiger partial charge on any atom is -0.450 e. The second-order valence-corrected chi connectivity index (χ2v) is 8.83. The molecule has 0 bridgehead atoms. The number of carbonyl (C=O) groups excluding carboxylic acids is 4. The van der Waals surface area contributed by atoms with Gasteiger partial charge >= 0.3 is 6.16 Å². The van der Waals surface area contributed by atoms with E-state index in [1.807, 2.05) is 0 Å². The number of halogens is 2. The quantitative estimate of drug-likeness (QED) is 0.110. The number of hydrogen-bond donors (Lipinski definition) is 5. The highest BCUT2D eigenvalue weighted by atomic mass is 79.9. The van der Waals surface area contributed by atoms with Crippen molar-refractivity contribution in [2.45, 2.75) is 30.8 Å². The highest BCUT2D eigenvalue weighted by molar-refractivity contribution is 9.12. The zero-order chi connectivity index (χ0) is 26.2. The van der Waals surface area contributed by atoms with E-state index >= 15 is 0 Å². The number of carboxylic acid groups (broad SMARTS) is 1. The third-order valence-corrected chi connectivity index (χ3v) is 6.50. The van der Waals surface area contributed by atoms with Gasteiger partial charge in [0.15, 0.2) is 0 Å². The van der Waals surface area contributed by atoms with Gasteiger partial charge in [-0.1, -0.05) is 44.0 Å². The van der Waals surface area contributed by atoms with Gasteiger partial charge in [-0.05, 0) is 24.6 Å². The van der Waals surface area contributed by atoms with Gasteiger partial charge in [-0.3, -0.25) is 19.2 Å². The first-order chi connectivity index (χ1) is 16.6. The summed E-state index contributed by atoms with van der Waals surface area (Å²) in [5, 5.41) is 19.2. The minimum absolute atomic E-state index is 0.0350. The second-order valence-electron chi connectivity index (χ2n) is 7.08. The maximum absolute atomic E-state index is 12.2. The first-order valence-corrected chi connectivity index (χ1v) is 12.5. The molecule has 0 fully saturated rings. The molecule has 5 N–H and O–H groups in total. The first-order valence-electron chi connectivity index (χ1n) is 10.5. The van der Waals surface area contributed by atoms with Gasteiger partial charge in [-0.2, -0.15) is 0 Å². The first kappa shape index (κ1) is 30.3. The summed E-state index contributed by atoms with van der Waals surface area (Å²) in [6.45, 7) is 1.76. The number of carbonyl (C=O) groups is 5. The van der Waals surface area contributed by atoms with Gasteiger partial charge in [0.1, 0.15) is 17.5 Å². The smallest absolute Gasteiger partial charge is 0.450 e. The molecule has 0 aliphatic heterocycles. The molecule has 0 radical (unpaired) electrons. The Morgan fingerprint density at radius 3 is 2.31 bits per heavy atom. The number of ether oxygens (including phenoxy) is 2. The molecule has 1 rings (SSSR count).